The van der Waals surface area contributed by atoms with Crippen molar-refractivity contribution in [3.05, 3.63) is 53.3 Å². The van der Waals surface area contributed by atoms with Gasteiger partial charge in [-0.05, 0) is 81.0 Å². The van der Waals surface area contributed by atoms with E-state index < -0.39 is 5.82 Å². The van der Waals surface area contributed by atoms with Gasteiger partial charge in [0.05, 0.1) is 10.9 Å². The number of hydrogen-bond acceptors (Lipinski definition) is 2. The molecule has 0 spiro atoms. The van der Waals surface area contributed by atoms with Gasteiger partial charge in [-0.25, -0.2) is 4.39 Å². The minimum absolute atomic E-state index is 0.0365. The lowest BCUT2D eigenvalue weighted by atomic mass is 9.80. The number of halogens is 2. The number of benzene rings is 2. The lowest BCUT2D eigenvalue weighted by molar-refractivity contribution is -0.140. The molecule has 0 radical (unpaired) electrons. The van der Waals surface area contributed by atoms with Crippen LogP contribution in [0.25, 0.3) is 10.8 Å². The lowest BCUT2D eigenvalue weighted by Gasteiger charge is -2.26. The molecule has 0 unspecified atom stereocenters. The van der Waals surface area contributed by atoms with E-state index in [9.17, 15) is 9.18 Å². The molecule has 1 fully saturated rings. The Bertz CT molecular complexity index is 807. The van der Waals surface area contributed by atoms with Crippen molar-refractivity contribution in [2.45, 2.75) is 45.4 Å². The summed E-state index contributed by atoms with van der Waals surface area (Å²) < 4.78 is 19.5. The third kappa shape index (κ3) is 4.45. The standard InChI is InChI=1S/C22H24ClFO2/c1-2-3-4-5-15-6-8-16(9-7-15)22(25)26-18-11-12-19-17(14-18)10-13-20(23)21(19)24/h2-3,10-16H,4-9H2,1H3/b3-2+. The molecule has 0 atom stereocenters. The van der Waals surface area contributed by atoms with Gasteiger partial charge < -0.3 is 4.74 Å². The lowest BCUT2D eigenvalue weighted by Crippen LogP contribution is -2.25. The van der Waals surface area contributed by atoms with E-state index >= 15 is 0 Å². The molecule has 2 aromatic rings. The van der Waals surface area contributed by atoms with Crippen molar-refractivity contribution >= 4 is 28.3 Å². The van der Waals surface area contributed by atoms with Crippen LogP contribution in [0.2, 0.25) is 5.02 Å². The molecule has 26 heavy (non-hydrogen) atoms. The molecule has 4 heteroatoms. The smallest absolute Gasteiger partial charge is 0.314 e. The van der Waals surface area contributed by atoms with E-state index in [1.54, 1.807) is 24.3 Å². The third-order valence-corrected chi connectivity index (χ3v) is 5.55. The van der Waals surface area contributed by atoms with Crippen LogP contribution in [-0.4, -0.2) is 5.97 Å². The first-order chi connectivity index (χ1) is 12.6. The molecule has 2 aromatic carbocycles. The Morgan fingerprint density at radius 3 is 2.73 bits per heavy atom. The second kappa shape index (κ2) is 8.68. The molecule has 1 aliphatic rings. The summed E-state index contributed by atoms with van der Waals surface area (Å²) in [6.07, 6.45) is 10.5. The normalized spacial score (nSPS) is 20.6. The maximum atomic E-state index is 14.0. The fourth-order valence-corrected chi connectivity index (χ4v) is 3.86. The number of fused-ring (bicyclic) bond motifs is 1. The number of esters is 1. The average molecular weight is 375 g/mol. The van der Waals surface area contributed by atoms with Gasteiger partial charge in [-0.15, -0.1) is 0 Å². The zero-order chi connectivity index (χ0) is 18.5. The SMILES string of the molecule is C/C=C/CCC1CCC(C(=O)Oc2ccc3c(F)c(Cl)ccc3c2)CC1. The van der Waals surface area contributed by atoms with E-state index in [1.807, 2.05) is 6.92 Å². The first-order valence-corrected chi connectivity index (χ1v) is 9.67. The number of carbonyl (C=O) groups excluding carboxylic acids is 1. The molecule has 0 saturated heterocycles. The van der Waals surface area contributed by atoms with Crippen molar-refractivity contribution in [1.82, 2.24) is 0 Å². The van der Waals surface area contributed by atoms with Gasteiger partial charge in [-0.2, -0.15) is 0 Å². The quantitative estimate of drug-likeness (QED) is 0.330. The highest BCUT2D eigenvalue weighted by atomic mass is 35.5. The number of allylic oxidation sites excluding steroid dienone is 2. The average Bonchev–Trinajstić information content (AvgIpc) is 2.65. The molecule has 2 nitrogen and oxygen atoms in total. The van der Waals surface area contributed by atoms with Gasteiger partial charge in [0, 0.05) is 5.39 Å². The van der Waals surface area contributed by atoms with Gasteiger partial charge in [-0.1, -0.05) is 29.8 Å². The number of ether oxygens (including phenoxy) is 1. The first kappa shape index (κ1) is 18.9. The molecular formula is C22H24ClFO2. The highest BCUT2D eigenvalue weighted by Gasteiger charge is 2.27. The summed E-state index contributed by atoms with van der Waals surface area (Å²) >= 11 is 5.80. The molecule has 0 aliphatic heterocycles. The molecule has 1 saturated carbocycles. The summed E-state index contributed by atoms with van der Waals surface area (Å²) in [7, 11) is 0. The van der Waals surface area contributed by atoms with Crippen molar-refractivity contribution in [2.24, 2.45) is 11.8 Å². The fraction of sp³-hybridized carbons (Fsp3) is 0.409. The highest BCUT2D eigenvalue weighted by molar-refractivity contribution is 6.31. The van der Waals surface area contributed by atoms with Crippen LogP contribution in [0, 0.1) is 17.7 Å². The Morgan fingerprint density at radius 1 is 1.23 bits per heavy atom. The molecule has 138 valence electrons. The number of carbonyl (C=O) groups is 1. The number of hydrogen-bond donors (Lipinski definition) is 0. The van der Waals surface area contributed by atoms with Gasteiger partial charge in [-0.3, -0.25) is 4.79 Å². The highest BCUT2D eigenvalue weighted by Crippen LogP contribution is 2.33. The van der Waals surface area contributed by atoms with Gasteiger partial charge in [0.2, 0.25) is 0 Å². The largest absolute Gasteiger partial charge is 0.426 e. The predicted octanol–water partition coefficient (Wildman–Crippen LogP) is 6.70. The minimum atomic E-state index is -0.446. The number of rotatable bonds is 5. The van der Waals surface area contributed by atoms with Gasteiger partial charge in [0.1, 0.15) is 11.6 Å². The molecule has 0 heterocycles. The van der Waals surface area contributed by atoms with Crippen LogP contribution < -0.4 is 4.74 Å². The Hall–Kier alpha value is -1.87. The van der Waals surface area contributed by atoms with Crippen molar-refractivity contribution < 1.29 is 13.9 Å². The summed E-state index contributed by atoms with van der Waals surface area (Å²) in [6.45, 7) is 2.04. The van der Waals surface area contributed by atoms with Crippen LogP contribution in [0.3, 0.4) is 0 Å². The molecule has 1 aliphatic carbocycles. The molecule has 0 N–H and O–H groups in total. The van der Waals surface area contributed by atoms with Crippen molar-refractivity contribution in [1.29, 1.82) is 0 Å². The van der Waals surface area contributed by atoms with E-state index in [2.05, 4.69) is 12.2 Å². The van der Waals surface area contributed by atoms with Gasteiger partial charge in [0.15, 0.2) is 0 Å². The van der Waals surface area contributed by atoms with E-state index in [1.165, 1.54) is 12.5 Å². The van der Waals surface area contributed by atoms with E-state index in [0.717, 1.165) is 32.1 Å². The zero-order valence-corrected chi connectivity index (χ0v) is 15.8. The predicted molar refractivity (Wildman–Crippen MR) is 104 cm³/mol. The summed E-state index contributed by atoms with van der Waals surface area (Å²) in [5.41, 5.74) is 0. The van der Waals surface area contributed by atoms with Crippen LogP contribution >= 0.6 is 11.6 Å². The molecule has 0 amide bonds. The maximum Gasteiger partial charge on any atom is 0.314 e. The van der Waals surface area contributed by atoms with Crippen molar-refractivity contribution in [3.8, 4) is 5.75 Å². The summed E-state index contributed by atoms with van der Waals surface area (Å²) in [6, 6.07) is 8.17. The van der Waals surface area contributed by atoms with E-state index in [0.29, 0.717) is 22.4 Å². The minimum Gasteiger partial charge on any atom is -0.426 e. The Morgan fingerprint density at radius 2 is 2.00 bits per heavy atom. The topological polar surface area (TPSA) is 26.3 Å². The molecule has 3 rings (SSSR count). The fourth-order valence-electron chi connectivity index (χ4n) is 3.69. The molecule has 0 bridgehead atoms. The van der Waals surface area contributed by atoms with E-state index in [4.69, 9.17) is 16.3 Å². The second-order valence-corrected chi connectivity index (χ2v) is 7.44. The summed E-state index contributed by atoms with van der Waals surface area (Å²) in [5.74, 6) is 0.512. The van der Waals surface area contributed by atoms with Crippen LogP contribution in [-0.2, 0) is 4.79 Å². The Balaban J connectivity index is 1.58. The van der Waals surface area contributed by atoms with Crippen LogP contribution in [0.15, 0.2) is 42.5 Å². The van der Waals surface area contributed by atoms with Gasteiger partial charge in [0.25, 0.3) is 0 Å². The maximum absolute atomic E-state index is 14.0. The third-order valence-electron chi connectivity index (χ3n) is 5.25. The van der Waals surface area contributed by atoms with Crippen LogP contribution in [0.1, 0.15) is 45.4 Å². The van der Waals surface area contributed by atoms with Crippen molar-refractivity contribution in [3.63, 3.8) is 0 Å². The molecule has 0 aromatic heterocycles. The summed E-state index contributed by atoms with van der Waals surface area (Å²) in [4.78, 5) is 12.5. The Labute approximate surface area is 159 Å². The van der Waals surface area contributed by atoms with Crippen LogP contribution in [0.4, 0.5) is 4.39 Å². The first-order valence-electron chi connectivity index (χ1n) is 9.29. The zero-order valence-electron chi connectivity index (χ0n) is 15.0. The van der Waals surface area contributed by atoms with Gasteiger partial charge >= 0.3 is 5.97 Å². The molecular weight excluding hydrogens is 351 g/mol. The monoisotopic (exact) mass is 374 g/mol. The Kier molecular flexibility index (Phi) is 6.31. The van der Waals surface area contributed by atoms with Crippen molar-refractivity contribution in [2.75, 3.05) is 0 Å². The van der Waals surface area contributed by atoms with Crippen LogP contribution in [0.5, 0.6) is 5.75 Å². The van der Waals surface area contributed by atoms with E-state index in [-0.39, 0.29) is 16.9 Å². The second-order valence-electron chi connectivity index (χ2n) is 7.03. The summed E-state index contributed by atoms with van der Waals surface area (Å²) in [5, 5.41) is 1.19.